The highest BCUT2D eigenvalue weighted by Gasteiger charge is 2.59. The number of nitrogens with zero attached hydrogens (tertiary/aromatic N) is 4. The molecule has 0 unspecified atom stereocenters. The third-order valence-corrected chi connectivity index (χ3v) is 5.78. The maximum atomic E-state index is 12.8. The maximum Gasteiger partial charge on any atom is 0.243 e. The van der Waals surface area contributed by atoms with Crippen molar-refractivity contribution in [2.24, 2.45) is 23.7 Å². The molecule has 1 saturated heterocycles. The standard InChI is InChI=1S/C20H20N4O3/c21-7-3-9-23(11-15-4-1-2-8-22-15)16(25)12-24-19(26)17-13-5-6-14(10-13)18(17)20(24)27/h1-2,4-6,8,13-14,17-18H,3,9-12H2/t13-,14-,17-,18-/m0/s1. The van der Waals surface area contributed by atoms with Crippen molar-refractivity contribution in [1.82, 2.24) is 14.8 Å². The van der Waals surface area contributed by atoms with Crippen molar-refractivity contribution in [2.45, 2.75) is 19.4 Å². The van der Waals surface area contributed by atoms with E-state index in [9.17, 15) is 14.4 Å². The van der Waals surface area contributed by atoms with E-state index >= 15 is 0 Å². The highest BCUT2D eigenvalue weighted by atomic mass is 16.2. The van der Waals surface area contributed by atoms with Gasteiger partial charge in [-0.25, -0.2) is 0 Å². The third-order valence-electron chi connectivity index (χ3n) is 5.78. The number of pyridine rings is 1. The molecule has 4 rings (SSSR count). The Morgan fingerprint density at radius 2 is 1.93 bits per heavy atom. The van der Waals surface area contributed by atoms with E-state index in [0.29, 0.717) is 5.69 Å². The van der Waals surface area contributed by atoms with Crippen LogP contribution < -0.4 is 0 Å². The Morgan fingerprint density at radius 3 is 2.52 bits per heavy atom. The van der Waals surface area contributed by atoms with Gasteiger partial charge in [-0.05, 0) is 30.4 Å². The van der Waals surface area contributed by atoms with Gasteiger partial charge in [0.25, 0.3) is 0 Å². The van der Waals surface area contributed by atoms with Gasteiger partial charge in [-0.15, -0.1) is 0 Å². The van der Waals surface area contributed by atoms with Crippen LogP contribution in [0.2, 0.25) is 0 Å². The smallest absolute Gasteiger partial charge is 0.243 e. The zero-order valence-corrected chi connectivity index (χ0v) is 14.8. The van der Waals surface area contributed by atoms with Crippen LogP contribution in [-0.4, -0.2) is 45.6 Å². The van der Waals surface area contributed by atoms with Crippen molar-refractivity contribution in [3.8, 4) is 6.07 Å². The summed E-state index contributed by atoms with van der Waals surface area (Å²) in [6.45, 7) is 0.224. The van der Waals surface area contributed by atoms with Gasteiger partial charge in [0, 0.05) is 12.7 Å². The molecule has 0 N–H and O–H groups in total. The lowest BCUT2D eigenvalue weighted by Gasteiger charge is -2.24. The van der Waals surface area contributed by atoms with E-state index in [1.807, 2.05) is 24.3 Å². The van der Waals surface area contributed by atoms with Gasteiger partial charge < -0.3 is 4.90 Å². The first-order valence-corrected chi connectivity index (χ1v) is 9.18. The first-order chi connectivity index (χ1) is 13.1. The lowest BCUT2D eigenvalue weighted by molar-refractivity contribution is -0.147. The summed E-state index contributed by atoms with van der Waals surface area (Å²) in [4.78, 5) is 45.2. The van der Waals surface area contributed by atoms with Crippen LogP contribution in [0.1, 0.15) is 18.5 Å². The van der Waals surface area contributed by atoms with Crippen LogP contribution in [-0.2, 0) is 20.9 Å². The van der Waals surface area contributed by atoms with Gasteiger partial charge in [0.05, 0.1) is 36.6 Å². The fraction of sp³-hybridized carbons (Fsp3) is 0.450. The second kappa shape index (κ2) is 6.95. The van der Waals surface area contributed by atoms with Crippen molar-refractivity contribution in [3.63, 3.8) is 0 Å². The molecule has 3 amide bonds. The van der Waals surface area contributed by atoms with E-state index in [-0.39, 0.29) is 67.4 Å². The molecular weight excluding hydrogens is 344 g/mol. The Hall–Kier alpha value is -3.01. The van der Waals surface area contributed by atoms with Gasteiger partial charge in [-0.1, -0.05) is 18.2 Å². The molecule has 2 bridgehead atoms. The average molecular weight is 364 g/mol. The maximum absolute atomic E-state index is 12.8. The molecule has 4 atom stereocenters. The van der Waals surface area contributed by atoms with Crippen LogP contribution in [0.4, 0.5) is 0 Å². The summed E-state index contributed by atoms with van der Waals surface area (Å²) < 4.78 is 0. The van der Waals surface area contributed by atoms with Crippen LogP contribution in [0.25, 0.3) is 0 Å². The fourth-order valence-corrected chi connectivity index (χ4v) is 4.52. The molecule has 0 radical (unpaired) electrons. The van der Waals surface area contributed by atoms with E-state index < -0.39 is 0 Å². The Morgan fingerprint density at radius 1 is 1.22 bits per heavy atom. The van der Waals surface area contributed by atoms with E-state index in [2.05, 4.69) is 4.98 Å². The Labute approximate surface area is 157 Å². The molecule has 7 heteroatoms. The zero-order valence-electron chi connectivity index (χ0n) is 14.8. The second-order valence-corrected chi connectivity index (χ2v) is 7.31. The van der Waals surface area contributed by atoms with Crippen molar-refractivity contribution in [1.29, 1.82) is 5.26 Å². The number of imide groups is 1. The van der Waals surface area contributed by atoms with Crippen LogP contribution in [0.15, 0.2) is 36.5 Å². The van der Waals surface area contributed by atoms with Gasteiger partial charge in [0.1, 0.15) is 6.54 Å². The lowest BCUT2D eigenvalue weighted by atomic mass is 9.85. The van der Waals surface area contributed by atoms with E-state index in [1.54, 1.807) is 18.3 Å². The van der Waals surface area contributed by atoms with Gasteiger partial charge in [-0.3, -0.25) is 24.3 Å². The number of fused-ring (bicyclic) bond motifs is 5. The van der Waals surface area contributed by atoms with Gasteiger partial charge >= 0.3 is 0 Å². The van der Waals surface area contributed by atoms with Crippen molar-refractivity contribution in [3.05, 3.63) is 42.2 Å². The highest BCUT2D eigenvalue weighted by molar-refractivity contribution is 6.08. The van der Waals surface area contributed by atoms with Crippen LogP contribution in [0.5, 0.6) is 0 Å². The van der Waals surface area contributed by atoms with Crippen molar-refractivity contribution >= 4 is 17.7 Å². The summed E-state index contributed by atoms with van der Waals surface area (Å²) in [5, 5.41) is 8.88. The molecule has 27 heavy (non-hydrogen) atoms. The largest absolute Gasteiger partial charge is 0.334 e. The zero-order chi connectivity index (χ0) is 19.0. The number of hydrogen-bond acceptors (Lipinski definition) is 5. The summed E-state index contributed by atoms with van der Waals surface area (Å²) in [5.41, 5.74) is 0.696. The summed E-state index contributed by atoms with van der Waals surface area (Å²) in [6, 6.07) is 7.44. The summed E-state index contributed by atoms with van der Waals surface area (Å²) in [7, 11) is 0. The molecule has 2 fully saturated rings. The number of carbonyl (C=O) groups excluding carboxylic acids is 3. The Kier molecular flexibility index (Phi) is 4.48. The van der Waals surface area contributed by atoms with Crippen molar-refractivity contribution < 1.29 is 14.4 Å². The molecule has 1 aromatic heterocycles. The number of carbonyl (C=O) groups is 3. The minimum absolute atomic E-state index is 0.125. The normalized spacial score (nSPS) is 27.7. The van der Waals surface area contributed by atoms with E-state index in [1.165, 1.54) is 4.90 Å². The average Bonchev–Trinajstić information content (AvgIpc) is 3.36. The van der Waals surface area contributed by atoms with Crippen LogP contribution in [0.3, 0.4) is 0 Å². The molecular formula is C20H20N4O3. The SMILES string of the molecule is N#CCCN(Cc1ccccn1)C(=O)CN1C(=O)[C@@H]2[C@@H](C1=O)[C@H]1C=C[C@H]2C1. The van der Waals surface area contributed by atoms with Gasteiger partial charge in [0.15, 0.2) is 0 Å². The van der Waals surface area contributed by atoms with Crippen molar-refractivity contribution in [2.75, 3.05) is 13.1 Å². The molecule has 138 valence electrons. The first-order valence-electron chi connectivity index (χ1n) is 9.18. The number of amides is 3. The van der Waals surface area contributed by atoms with Gasteiger partial charge in [-0.2, -0.15) is 5.26 Å². The number of likely N-dealkylation sites (tertiary alicyclic amines) is 1. The molecule has 0 spiro atoms. The molecule has 0 aromatic carbocycles. The number of hydrogen-bond donors (Lipinski definition) is 0. The number of allylic oxidation sites excluding steroid dienone is 2. The monoisotopic (exact) mass is 364 g/mol. The summed E-state index contributed by atoms with van der Waals surface area (Å²) >= 11 is 0. The molecule has 2 aliphatic carbocycles. The molecule has 1 aromatic rings. The number of nitriles is 1. The Bertz CT molecular complexity index is 815. The quantitative estimate of drug-likeness (QED) is 0.557. The third kappa shape index (κ3) is 3.01. The summed E-state index contributed by atoms with van der Waals surface area (Å²) in [6.07, 6.45) is 6.74. The number of rotatable bonds is 6. The molecule has 7 nitrogen and oxygen atoms in total. The second-order valence-electron chi connectivity index (χ2n) is 7.31. The molecule has 2 heterocycles. The topological polar surface area (TPSA) is 94.4 Å². The predicted molar refractivity (Wildman–Crippen MR) is 94.3 cm³/mol. The van der Waals surface area contributed by atoms with E-state index in [0.717, 1.165) is 11.3 Å². The predicted octanol–water partition coefficient (Wildman–Crippen LogP) is 1.13. The highest BCUT2D eigenvalue weighted by Crippen LogP contribution is 2.52. The summed E-state index contributed by atoms with van der Waals surface area (Å²) in [5.74, 6) is -1.15. The molecule has 1 saturated carbocycles. The minimum atomic E-state index is -0.335. The first kappa shape index (κ1) is 17.4. The van der Waals surface area contributed by atoms with Crippen LogP contribution >= 0.6 is 0 Å². The van der Waals surface area contributed by atoms with Crippen LogP contribution in [0, 0.1) is 35.0 Å². The molecule has 1 aliphatic heterocycles. The Balaban J connectivity index is 1.47. The fourth-order valence-electron chi connectivity index (χ4n) is 4.52. The lowest BCUT2D eigenvalue weighted by Crippen LogP contribution is -2.44. The molecule has 3 aliphatic rings. The number of aromatic nitrogens is 1. The van der Waals surface area contributed by atoms with E-state index in [4.69, 9.17) is 5.26 Å². The minimum Gasteiger partial charge on any atom is -0.334 e. The van der Waals surface area contributed by atoms with Gasteiger partial charge in [0.2, 0.25) is 17.7 Å².